The largest absolute Gasteiger partial charge is 0.396 e. The molecule has 0 unspecified atom stereocenters. The minimum atomic E-state index is 0.312. The van der Waals surface area contributed by atoms with Gasteiger partial charge in [-0.15, -0.1) is 11.3 Å². The van der Waals surface area contributed by atoms with Gasteiger partial charge < -0.3 is 10.4 Å². The molecule has 2 N–H and O–H groups in total. The van der Waals surface area contributed by atoms with E-state index in [0.29, 0.717) is 12.0 Å². The van der Waals surface area contributed by atoms with Gasteiger partial charge in [0.25, 0.3) is 0 Å². The zero-order valence-electron chi connectivity index (χ0n) is 9.34. The highest BCUT2D eigenvalue weighted by atomic mass is 35.5. The van der Waals surface area contributed by atoms with E-state index < -0.39 is 0 Å². The van der Waals surface area contributed by atoms with Gasteiger partial charge in [0.15, 0.2) is 0 Å². The van der Waals surface area contributed by atoms with Crippen molar-refractivity contribution in [3.05, 3.63) is 21.3 Å². The predicted octanol–water partition coefficient (Wildman–Crippen LogP) is 3.04. The van der Waals surface area contributed by atoms with Crippen molar-refractivity contribution in [2.45, 2.75) is 32.2 Å². The number of hydrogen-bond donors (Lipinski definition) is 2. The second-order valence-corrected chi connectivity index (χ2v) is 6.44. The van der Waals surface area contributed by atoms with E-state index in [1.165, 1.54) is 24.1 Å². The van der Waals surface area contributed by atoms with Crippen molar-refractivity contribution in [1.82, 2.24) is 5.32 Å². The summed E-state index contributed by atoms with van der Waals surface area (Å²) < 4.78 is 0.852. The molecule has 1 aliphatic rings. The van der Waals surface area contributed by atoms with E-state index in [9.17, 15) is 0 Å². The molecule has 1 aromatic heterocycles. The first-order valence-corrected chi connectivity index (χ1v) is 6.99. The van der Waals surface area contributed by atoms with Crippen molar-refractivity contribution in [1.29, 1.82) is 0 Å². The maximum absolute atomic E-state index is 9.04. The zero-order valence-corrected chi connectivity index (χ0v) is 10.9. The number of nitrogens with one attached hydrogen (secondary N) is 1. The first-order chi connectivity index (χ1) is 7.74. The summed E-state index contributed by atoms with van der Waals surface area (Å²) in [5.41, 5.74) is 0.371. The Labute approximate surface area is 106 Å². The number of halogens is 1. The lowest BCUT2D eigenvalue weighted by Crippen LogP contribution is -2.40. The molecule has 2 nitrogen and oxygen atoms in total. The van der Waals surface area contributed by atoms with Crippen LogP contribution < -0.4 is 5.32 Å². The number of rotatable bonds is 6. The summed E-state index contributed by atoms with van der Waals surface area (Å²) in [6.07, 6.45) is 4.76. The van der Waals surface area contributed by atoms with Gasteiger partial charge in [0.2, 0.25) is 0 Å². The highest BCUT2D eigenvalue weighted by molar-refractivity contribution is 7.16. The number of aliphatic hydroxyl groups is 1. The van der Waals surface area contributed by atoms with Crippen LogP contribution in [-0.2, 0) is 6.54 Å². The van der Waals surface area contributed by atoms with Crippen LogP contribution in [0.15, 0.2) is 12.1 Å². The zero-order chi connectivity index (χ0) is 11.4. The molecule has 1 aromatic rings. The van der Waals surface area contributed by atoms with E-state index in [1.54, 1.807) is 11.3 Å². The SMILES string of the molecule is OCCC1(CNCc2ccc(Cl)s2)CCC1. The van der Waals surface area contributed by atoms with E-state index in [1.807, 2.05) is 6.07 Å². The van der Waals surface area contributed by atoms with Gasteiger partial charge in [-0.25, -0.2) is 0 Å². The van der Waals surface area contributed by atoms with Gasteiger partial charge in [0.1, 0.15) is 0 Å². The minimum absolute atomic E-state index is 0.312. The van der Waals surface area contributed by atoms with Crippen molar-refractivity contribution in [3.8, 4) is 0 Å². The number of thiophene rings is 1. The maximum Gasteiger partial charge on any atom is 0.0931 e. The van der Waals surface area contributed by atoms with Gasteiger partial charge >= 0.3 is 0 Å². The van der Waals surface area contributed by atoms with Crippen LogP contribution in [0.3, 0.4) is 0 Å². The van der Waals surface area contributed by atoms with Crippen LogP contribution in [0.1, 0.15) is 30.6 Å². The van der Waals surface area contributed by atoms with Gasteiger partial charge in [-0.2, -0.15) is 0 Å². The third kappa shape index (κ3) is 2.98. The van der Waals surface area contributed by atoms with E-state index in [0.717, 1.165) is 23.8 Å². The van der Waals surface area contributed by atoms with Crippen LogP contribution in [0.4, 0.5) is 0 Å². The van der Waals surface area contributed by atoms with Crippen molar-refractivity contribution >= 4 is 22.9 Å². The normalized spacial score (nSPS) is 18.4. The van der Waals surface area contributed by atoms with Gasteiger partial charge in [0.05, 0.1) is 4.34 Å². The highest BCUT2D eigenvalue weighted by Gasteiger charge is 2.35. The molecule has 16 heavy (non-hydrogen) atoms. The van der Waals surface area contributed by atoms with Crippen LogP contribution in [0.2, 0.25) is 4.34 Å². The Morgan fingerprint density at radius 3 is 2.75 bits per heavy atom. The predicted molar refractivity (Wildman–Crippen MR) is 69.0 cm³/mol. The lowest BCUT2D eigenvalue weighted by molar-refractivity contribution is 0.0860. The monoisotopic (exact) mass is 259 g/mol. The molecule has 4 heteroatoms. The Balaban J connectivity index is 1.74. The molecule has 0 bridgehead atoms. The lowest BCUT2D eigenvalue weighted by Gasteiger charge is -2.42. The topological polar surface area (TPSA) is 32.3 Å². The summed E-state index contributed by atoms with van der Waals surface area (Å²) in [5.74, 6) is 0. The Morgan fingerprint density at radius 1 is 1.44 bits per heavy atom. The van der Waals surface area contributed by atoms with Gasteiger partial charge in [-0.1, -0.05) is 18.0 Å². The number of hydrogen-bond acceptors (Lipinski definition) is 3. The molecule has 90 valence electrons. The Bertz CT molecular complexity index is 336. The quantitative estimate of drug-likeness (QED) is 0.823. The van der Waals surface area contributed by atoms with Crippen molar-refractivity contribution in [3.63, 3.8) is 0 Å². The fourth-order valence-electron chi connectivity index (χ4n) is 2.33. The Hall–Kier alpha value is -0.0900. The molecule has 1 fully saturated rings. The second-order valence-electron chi connectivity index (χ2n) is 4.64. The molecule has 1 heterocycles. The van der Waals surface area contributed by atoms with Crippen LogP contribution in [0, 0.1) is 5.41 Å². The summed E-state index contributed by atoms with van der Waals surface area (Å²) in [5, 5.41) is 12.5. The highest BCUT2D eigenvalue weighted by Crippen LogP contribution is 2.43. The molecular weight excluding hydrogens is 242 g/mol. The molecule has 0 aromatic carbocycles. The summed E-state index contributed by atoms with van der Waals surface area (Å²) in [6, 6.07) is 4.01. The molecule has 1 saturated carbocycles. The first kappa shape index (κ1) is 12.4. The van der Waals surface area contributed by atoms with E-state index in [4.69, 9.17) is 16.7 Å². The molecule has 0 amide bonds. The van der Waals surface area contributed by atoms with Crippen molar-refractivity contribution in [2.75, 3.05) is 13.2 Å². The third-order valence-corrected chi connectivity index (χ3v) is 4.72. The molecule has 1 aliphatic carbocycles. The average Bonchev–Trinajstić information content (AvgIpc) is 2.60. The minimum Gasteiger partial charge on any atom is -0.396 e. The van der Waals surface area contributed by atoms with Gasteiger partial charge in [-0.3, -0.25) is 0 Å². The fourth-order valence-corrected chi connectivity index (χ4v) is 3.38. The molecule has 0 spiro atoms. The smallest absolute Gasteiger partial charge is 0.0931 e. The molecule has 2 rings (SSSR count). The van der Waals surface area contributed by atoms with Crippen molar-refractivity contribution in [2.24, 2.45) is 5.41 Å². The number of aliphatic hydroxyl groups excluding tert-OH is 1. The van der Waals surface area contributed by atoms with Crippen LogP contribution >= 0.6 is 22.9 Å². The van der Waals surface area contributed by atoms with Crippen LogP contribution in [0.5, 0.6) is 0 Å². The Morgan fingerprint density at radius 2 is 2.25 bits per heavy atom. The first-order valence-electron chi connectivity index (χ1n) is 5.80. The fraction of sp³-hybridized carbons (Fsp3) is 0.667. The van der Waals surface area contributed by atoms with E-state index in [-0.39, 0.29) is 0 Å². The molecule has 0 atom stereocenters. The maximum atomic E-state index is 9.04. The summed E-state index contributed by atoms with van der Waals surface area (Å²) in [6.45, 7) is 2.22. The van der Waals surface area contributed by atoms with E-state index in [2.05, 4.69) is 11.4 Å². The van der Waals surface area contributed by atoms with Crippen LogP contribution in [-0.4, -0.2) is 18.3 Å². The van der Waals surface area contributed by atoms with Gasteiger partial charge in [-0.05, 0) is 36.8 Å². The summed E-state index contributed by atoms with van der Waals surface area (Å²) in [7, 11) is 0. The molecule has 0 saturated heterocycles. The van der Waals surface area contributed by atoms with Gasteiger partial charge in [0, 0.05) is 24.6 Å². The standard InChI is InChI=1S/C12H18ClNOS/c13-11-3-2-10(16-11)8-14-9-12(6-7-15)4-1-5-12/h2-3,14-15H,1,4-9H2. The molecule has 0 aliphatic heterocycles. The lowest BCUT2D eigenvalue weighted by atomic mass is 9.67. The average molecular weight is 260 g/mol. The van der Waals surface area contributed by atoms with E-state index >= 15 is 0 Å². The molecule has 0 radical (unpaired) electrons. The third-order valence-electron chi connectivity index (χ3n) is 3.48. The Kier molecular flexibility index (Phi) is 4.25. The van der Waals surface area contributed by atoms with Crippen molar-refractivity contribution < 1.29 is 5.11 Å². The summed E-state index contributed by atoms with van der Waals surface area (Å²) >= 11 is 7.51. The van der Waals surface area contributed by atoms with Crippen LogP contribution in [0.25, 0.3) is 0 Å². The second kappa shape index (κ2) is 5.50. The molecular formula is C12H18ClNOS. The summed E-state index contributed by atoms with van der Waals surface area (Å²) in [4.78, 5) is 1.28.